The number of pyridine rings is 1. The van der Waals surface area contributed by atoms with Crippen LogP contribution < -0.4 is 0 Å². The second-order valence-electron chi connectivity index (χ2n) is 5.18. The Kier molecular flexibility index (Phi) is 3.97. The number of nitrogens with zero attached hydrogens (tertiary/aromatic N) is 3. The van der Waals surface area contributed by atoms with Crippen LogP contribution in [-0.4, -0.2) is 52.4 Å². The lowest BCUT2D eigenvalue weighted by molar-refractivity contribution is 0.0425. The second kappa shape index (κ2) is 5.48. The van der Waals surface area contributed by atoms with Crippen molar-refractivity contribution in [3.8, 4) is 0 Å². The summed E-state index contributed by atoms with van der Waals surface area (Å²) in [5.74, 6) is 0.0963. The minimum Gasteiger partial charge on any atom is -0.333 e. The van der Waals surface area contributed by atoms with Gasteiger partial charge >= 0.3 is 0 Å². The number of hydrogen-bond acceptors (Lipinski definition) is 3. The molecule has 2 rings (SSSR count). The molecule has 0 aromatic carbocycles. The number of aromatic nitrogens is 1. The Morgan fingerprint density at radius 3 is 2.78 bits per heavy atom. The molecule has 4 heteroatoms. The molecule has 0 bridgehead atoms. The summed E-state index contributed by atoms with van der Waals surface area (Å²) < 4.78 is 0. The van der Waals surface area contributed by atoms with Crippen molar-refractivity contribution < 1.29 is 4.79 Å². The van der Waals surface area contributed by atoms with Gasteiger partial charge in [0.1, 0.15) is 0 Å². The van der Waals surface area contributed by atoms with Gasteiger partial charge in [-0.1, -0.05) is 0 Å². The van der Waals surface area contributed by atoms with Crippen molar-refractivity contribution in [2.45, 2.75) is 32.9 Å². The highest BCUT2D eigenvalue weighted by Gasteiger charge is 2.28. The summed E-state index contributed by atoms with van der Waals surface area (Å²) in [7, 11) is 0. The maximum atomic E-state index is 12.4. The van der Waals surface area contributed by atoms with Gasteiger partial charge in [-0.3, -0.25) is 14.7 Å². The lowest BCUT2D eigenvalue weighted by Gasteiger charge is -2.41. The highest BCUT2D eigenvalue weighted by molar-refractivity contribution is 5.94. The van der Waals surface area contributed by atoms with Crippen LogP contribution >= 0.6 is 0 Å². The van der Waals surface area contributed by atoms with Gasteiger partial charge in [-0.2, -0.15) is 0 Å². The molecule has 0 saturated carbocycles. The molecule has 1 aromatic heterocycles. The largest absolute Gasteiger partial charge is 0.333 e. The maximum Gasteiger partial charge on any atom is 0.255 e. The molecule has 1 aliphatic rings. The van der Waals surface area contributed by atoms with Crippen LogP contribution in [0.1, 0.15) is 31.1 Å². The Hall–Kier alpha value is -1.42. The Balaban J connectivity index is 2.05. The van der Waals surface area contributed by atoms with E-state index in [1.54, 1.807) is 12.4 Å². The van der Waals surface area contributed by atoms with E-state index in [-0.39, 0.29) is 11.9 Å². The van der Waals surface area contributed by atoms with Crippen molar-refractivity contribution in [3.05, 3.63) is 30.1 Å². The van der Waals surface area contributed by atoms with Crippen LogP contribution in [0.15, 0.2) is 24.5 Å². The molecule has 0 spiro atoms. The van der Waals surface area contributed by atoms with E-state index >= 15 is 0 Å². The molecule has 0 N–H and O–H groups in total. The Labute approximate surface area is 109 Å². The molecular weight excluding hydrogens is 226 g/mol. The van der Waals surface area contributed by atoms with Gasteiger partial charge in [-0.15, -0.1) is 0 Å². The monoisotopic (exact) mass is 247 g/mol. The molecule has 98 valence electrons. The van der Waals surface area contributed by atoms with E-state index in [1.807, 2.05) is 17.0 Å². The smallest absolute Gasteiger partial charge is 0.255 e. The van der Waals surface area contributed by atoms with Gasteiger partial charge in [0.05, 0.1) is 5.56 Å². The number of rotatable bonds is 2. The highest BCUT2D eigenvalue weighted by atomic mass is 16.2. The molecule has 1 unspecified atom stereocenters. The van der Waals surface area contributed by atoms with Crippen LogP contribution in [0.3, 0.4) is 0 Å². The summed E-state index contributed by atoms with van der Waals surface area (Å²) in [5.41, 5.74) is 0.683. The zero-order valence-corrected chi connectivity index (χ0v) is 11.3. The van der Waals surface area contributed by atoms with Crippen LogP contribution in [0.4, 0.5) is 0 Å². The normalized spacial score (nSPS) is 21.3. The number of amides is 1. The minimum absolute atomic E-state index is 0.0963. The second-order valence-corrected chi connectivity index (χ2v) is 5.18. The predicted octanol–water partition coefficient (Wildman–Crippen LogP) is 1.64. The summed E-state index contributed by atoms with van der Waals surface area (Å²) in [6, 6.07) is 4.44. The van der Waals surface area contributed by atoms with Gasteiger partial charge in [0.25, 0.3) is 5.91 Å². The third-order valence-corrected chi connectivity index (χ3v) is 3.56. The first-order valence-corrected chi connectivity index (χ1v) is 6.54. The quantitative estimate of drug-likeness (QED) is 0.797. The number of carbonyl (C=O) groups is 1. The van der Waals surface area contributed by atoms with Gasteiger partial charge in [-0.25, -0.2) is 0 Å². The first kappa shape index (κ1) is 13.0. The summed E-state index contributed by atoms with van der Waals surface area (Å²) in [4.78, 5) is 20.7. The first-order valence-electron chi connectivity index (χ1n) is 6.54. The van der Waals surface area contributed by atoms with Gasteiger partial charge in [-0.05, 0) is 32.9 Å². The number of piperazine rings is 1. The van der Waals surface area contributed by atoms with Crippen molar-refractivity contribution in [2.75, 3.05) is 19.6 Å². The fourth-order valence-electron chi connectivity index (χ4n) is 2.41. The average Bonchev–Trinajstić information content (AvgIpc) is 2.38. The molecule has 0 aliphatic carbocycles. The molecule has 1 amide bonds. The molecule has 4 nitrogen and oxygen atoms in total. The van der Waals surface area contributed by atoms with Crippen LogP contribution in [-0.2, 0) is 0 Å². The predicted molar refractivity (Wildman–Crippen MR) is 71.4 cm³/mol. The van der Waals surface area contributed by atoms with Gasteiger partial charge < -0.3 is 4.90 Å². The molecule has 1 atom stereocenters. The van der Waals surface area contributed by atoms with E-state index in [1.165, 1.54) is 0 Å². The molecule has 2 heterocycles. The van der Waals surface area contributed by atoms with E-state index in [9.17, 15) is 4.79 Å². The fourth-order valence-corrected chi connectivity index (χ4v) is 2.41. The molecule has 1 aromatic rings. The van der Waals surface area contributed by atoms with E-state index in [0.29, 0.717) is 11.6 Å². The lowest BCUT2D eigenvalue weighted by Crippen LogP contribution is -2.55. The zero-order valence-electron chi connectivity index (χ0n) is 11.3. The Morgan fingerprint density at radius 2 is 2.22 bits per heavy atom. The van der Waals surface area contributed by atoms with Crippen LogP contribution in [0.2, 0.25) is 0 Å². The highest BCUT2D eigenvalue weighted by Crippen LogP contribution is 2.15. The minimum atomic E-state index is 0.0963. The van der Waals surface area contributed by atoms with Crippen molar-refractivity contribution in [1.29, 1.82) is 0 Å². The molecule has 18 heavy (non-hydrogen) atoms. The van der Waals surface area contributed by atoms with E-state index in [2.05, 4.69) is 30.7 Å². The zero-order chi connectivity index (χ0) is 13.1. The lowest BCUT2D eigenvalue weighted by atomic mass is 10.1. The standard InChI is InChI=1S/C14H21N3O/c1-11(2)16-7-8-17(12(3)10-16)14(18)13-5-4-6-15-9-13/h4-6,9,11-12H,7-8,10H2,1-3H3. The topological polar surface area (TPSA) is 36.4 Å². The molecule has 1 fully saturated rings. The van der Waals surface area contributed by atoms with Crippen molar-refractivity contribution in [3.63, 3.8) is 0 Å². The Morgan fingerprint density at radius 1 is 1.44 bits per heavy atom. The Bertz CT molecular complexity index is 405. The van der Waals surface area contributed by atoms with Gasteiger partial charge in [0.2, 0.25) is 0 Å². The fraction of sp³-hybridized carbons (Fsp3) is 0.571. The van der Waals surface area contributed by atoms with Crippen molar-refractivity contribution >= 4 is 5.91 Å². The molecule has 1 saturated heterocycles. The number of hydrogen-bond donors (Lipinski definition) is 0. The third-order valence-electron chi connectivity index (χ3n) is 3.56. The van der Waals surface area contributed by atoms with Crippen LogP contribution in [0.25, 0.3) is 0 Å². The molecular formula is C14H21N3O. The van der Waals surface area contributed by atoms with Crippen molar-refractivity contribution in [2.24, 2.45) is 0 Å². The van der Waals surface area contributed by atoms with E-state index in [4.69, 9.17) is 0 Å². The van der Waals surface area contributed by atoms with Crippen molar-refractivity contribution in [1.82, 2.24) is 14.8 Å². The van der Waals surface area contributed by atoms with Gasteiger partial charge in [0.15, 0.2) is 0 Å². The van der Waals surface area contributed by atoms with Crippen LogP contribution in [0, 0.1) is 0 Å². The third kappa shape index (κ3) is 2.70. The summed E-state index contributed by atoms with van der Waals surface area (Å²) >= 11 is 0. The summed E-state index contributed by atoms with van der Waals surface area (Å²) in [5, 5.41) is 0. The first-order chi connectivity index (χ1) is 8.59. The van der Waals surface area contributed by atoms with E-state index < -0.39 is 0 Å². The summed E-state index contributed by atoms with van der Waals surface area (Å²) in [6.45, 7) is 9.21. The number of carbonyl (C=O) groups excluding carboxylic acids is 1. The van der Waals surface area contributed by atoms with Gasteiger partial charge in [0, 0.05) is 44.1 Å². The SMILES string of the molecule is CC(C)N1CCN(C(=O)c2cccnc2)C(C)C1. The molecule has 1 aliphatic heterocycles. The average molecular weight is 247 g/mol. The van der Waals surface area contributed by atoms with Crippen LogP contribution in [0.5, 0.6) is 0 Å². The van der Waals surface area contributed by atoms with E-state index in [0.717, 1.165) is 19.6 Å². The molecule has 0 radical (unpaired) electrons. The maximum absolute atomic E-state index is 12.4. The summed E-state index contributed by atoms with van der Waals surface area (Å²) in [6.07, 6.45) is 3.33.